The van der Waals surface area contributed by atoms with Gasteiger partial charge < -0.3 is 4.74 Å². The lowest BCUT2D eigenvalue weighted by atomic mass is 9.64. The summed E-state index contributed by atoms with van der Waals surface area (Å²) in [6, 6.07) is 11.4. The number of hydrogen-bond donors (Lipinski definition) is 0. The molecule has 2 bridgehead atoms. The summed E-state index contributed by atoms with van der Waals surface area (Å²) in [7, 11) is 0. The molecule has 136 valence electrons. The van der Waals surface area contributed by atoms with E-state index in [1.165, 1.54) is 0 Å². The van der Waals surface area contributed by atoms with E-state index < -0.39 is 5.41 Å². The minimum atomic E-state index is -0.802. The van der Waals surface area contributed by atoms with Gasteiger partial charge in [-0.2, -0.15) is 0 Å². The molecular formula is C22H21N3O2. The van der Waals surface area contributed by atoms with Crippen molar-refractivity contribution in [2.24, 2.45) is 5.41 Å². The predicted octanol–water partition coefficient (Wildman–Crippen LogP) is 3.96. The van der Waals surface area contributed by atoms with Gasteiger partial charge in [0.05, 0.1) is 28.6 Å². The zero-order valence-corrected chi connectivity index (χ0v) is 15.7. The summed E-state index contributed by atoms with van der Waals surface area (Å²) in [5.74, 6) is 0.205. The van der Waals surface area contributed by atoms with E-state index in [0.717, 1.165) is 35.3 Å². The number of nitrogens with zero attached hydrogens (tertiary/aromatic N) is 3. The first kappa shape index (κ1) is 16.4. The molecule has 2 atom stereocenters. The van der Waals surface area contributed by atoms with E-state index in [1.807, 2.05) is 24.3 Å². The smallest absolute Gasteiger partial charge is 0.324 e. The third kappa shape index (κ3) is 1.84. The second-order valence-electron chi connectivity index (χ2n) is 8.35. The van der Waals surface area contributed by atoms with E-state index in [2.05, 4.69) is 25.8 Å². The van der Waals surface area contributed by atoms with Crippen LogP contribution in [-0.4, -0.2) is 20.9 Å². The van der Waals surface area contributed by atoms with Gasteiger partial charge in [-0.15, -0.1) is 0 Å². The van der Waals surface area contributed by atoms with Crippen molar-refractivity contribution in [1.29, 1.82) is 0 Å². The molecule has 5 rings (SSSR count). The van der Waals surface area contributed by atoms with Crippen LogP contribution in [0.5, 0.6) is 5.75 Å². The quantitative estimate of drug-likeness (QED) is 0.648. The first-order chi connectivity index (χ1) is 12.9. The lowest BCUT2D eigenvalue weighted by Crippen LogP contribution is -2.48. The summed E-state index contributed by atoms with van der Waals surface area (Å²) < 4.78 is 5.80. The lowest BCUT2D eigenvalue weighted by molar-refractivity contribution is -0.145. The molecule has 2 heterocycles. The van der Waals surface area contributed by atoms with Crippen molar-refractivity contribution in [2.75, 3.05) is 0 Å². The number of esters is 1. The number of fused-ring (bicyclic) bond motifs is 6. The van der Waals surface area contributed by atoms with E-state index in [9.17, 15) is 4.79 Å². The third-order valence-electron chi connectivity index (χ3n) is 7.14. The van der Waals surface area contributed by atoms with Crippen LogP contribution in [0.25, 0.3) is 11.0 Å². The van der Waals surface area contributed by atoms with Gasteiger partial charge in [0.25, 0.3) is 0 Å². The van der Waals surface area contributed by atoms with Crippen molar-refractivity contribution in [2.45, 2.75) is 44.4 Å². The first-order valence-electron chi connectivity index (χ1n) is 9.30. The predicted molar refractivity (Wildman–Crippen MR) is 101 cm³/mol. The average molecular weight is 359 g/mol. The Labute approximate surface area is 157 Å². The Balaban J connectivity index is 1.72. The van der Waals surface area contributed by atoms with Crippen LogP contribution in [0.3, 0.4) is 0 Å². The number of hydrogen-bond acceptors (Lipinski definition) is 5. The van der Waals surface area contributed by atoms with Gasteiger partial charge >= 0.3 is 5.97 Å². The van der Waals surface area contributed by atoms with Gasteiger partial charge in [-0.1, -0.05) is 32.9 Å². The Kier molecular flexibility index (Phi) is 3.10. The summed E-state index contributed by atoms with van der Waals surface area (Å²) in [5, 5.41) is 0. The van der Waals surface area contributed by atoms with Crippen LogP contribution in [0.1, 0.15) is 45.0 Å². The maximum Gasteiger partial charge on any atom is 0.324 e. The van der Waals surface area contributed by atoms with Crippen molar-refractivity contribution >= 4 is 17.0 Å². The highest BCUT2D eigenvalue weighted by molar-refractivity contribution is 5.90. The van der Waals surface area contributed by atoms with Crippen molar-refractivity contribution in [3.63, 3.8) is 0 Å². The van der Waals surface area contributed by atoms with Crippen LogP contribution in [0, 0.1) is 5.41 Å². The molecule has 5 nitrogen and oxygen atoms in total. The summed E-state index contributed by atoms with van der Waals surface area (Å²) in [6.45, 7) is 6.51. The second-order valence-corrected chi connectivity index (χ2v) is 8.35. The average Bonchev–Trinajstić information content (AvgIpc) is 2.97. The molecule has 0 amide bonds. The highest BCUT2D eigenvalue weighted by atomic mass is 16.5. The molecule has 2 unspecified atom stereocenters. The molecule has 0 saturated heterocycles. The minimum absolute atomic E-state index is 0.215. The summed E-state index contributed by atoms with van der Waals surface area (Å²) in [4.78, 5) is 27.5. The number of rotatable bonds is 2. The number of aromatic nitrogens is 3. The molecule has 1 fully saturated rings. The standard InChI is InChI=1S/C22H21N3O2/c1-20(2)21(3)10-11-22(20,19(26)27-14-7-6-12-23-13-14)18-17(21)24-15-8-4-5-9-16(15)25-18/h4-9,12-13H,10-11H2,1-3H3. The van der Waals surface area contributed by atoms with Crippen LogP contribution < -0.4 is 4.74 Å². The van der Waals surface area contributed by atoms with Gasteiger partial charge in [0.15, 0.2) is 0 Å². The van der Waals surface area contributed by atoms with Crippen LogP contribution in [0.15, 0.2) is 48.8 Å². The number of carbonyl (C=O) groups is 1. The molecule has 3 aromatic rings. The number of para-hydroxylation sites is 2. The number of pyridine rings is 1. The monoisotopic (exact) mass is 359 g/mol. The lowest BCUT2D eigenvalue weighted by Gasteiger charge is -2.38. The largest absolute Gasteiger partial charge is 0.424 e. The maximum absolute atomic E-state index is 13.5. The van der Waals surface area contributed by atoms with E-state index >= 15 is 0 Å². The van der Waals surface area contributed by atoms with Crippen molar-refractivity contribution < 1.29 is 9.53 Å². The highest BCUT2D eigenvalue weighted by Crippen LogP contribution is 2.70. The van der Waals surface area contributed by atoms with Crippen LogP contribution >= 0.6 is 0 Å². The molecule has 2 aliphatic rings. The summed E-state index contributed by atoms with van der Waals surface area (Å²) in [5.41, 5.74) is 2.05. The Morgan fingerprint density at radius 2 is 1.67 bits per heavy atom. The molecule has 27 heavy (non-hydrogen) atoms. The fourth-order valence-electron chi connectivity index (χ4n) is 5.10. The molecule has 0 radical (unpaired) electrons. The normalized spacial score (nSPS) is 27.5. The van der Waals surface area contributed by atoms with Crippen molar-refractivity contribution in [1.82, 2.24) is 15.0 Å². The number of carbonyl (C=O) groups excluding carboxylic acids is 1. The summed E-state index contributed by atoms with van der Waals surface area (Å²) in [6.07, 6.45) is 4.84. The second kappa shape index (κ2) is 5.12. The van der Waals surface area contributed by atoms with Gasteiger partial charge in [0, 0.05) is 11.6 Å². The van der Waals surface area contributed by atoms with Gasteiger partial charge in [-0.3, -0.25) is 9.78 Å². The number of ether oxygens (including phenoxy) is 1. The van der Waals surface area contributed by atoms with Crippen LogP contribution in [0.4, 0.5) is 0 Å². The summed E-state index contributed by atoms with van der Waals surface area (Å²) >= 11 is 0. The highest BCUT2D eigenvalue weighted by Gasteiger charge is 2.74. The fraction of sp³-hybridized carbons (Fsp3) is 0.364. The van der Waals surface area contributed by atoms with Crippen molar-refractivity contribution in [3.8, 4) is 5.75 Å². The van der Waals surface area contributed by atoms with Gasteiger partial charge in [-0.05, 0) is 42.5 Å². The Bertz CT molecular complexity index is 1080. The van der Waals surface area contributed by atoms with E-state index in [0.29, 0.717) is 5.75 Å². The Hall–Kier alpha value is -2.82. The minimum Gasteiger partial charge on any atom is -0.424 e. The zero-order chi connectivity index (χ0) is 18.9. The van der Waals surface area contributed by atoms with Gasteiger partial charge in [0.1, 0.15) is 11.2 Å². The molecule has 1 aromatic carbocycles. The third-order valence-corrected chi connectivity index (χ3v) is 7.14. The van der Waals surface area contributed by atoms with Crippen LogP contribution in [-0.2, 0) is 15.6 Å². The van der Waals surface area contributed by atoms with E-state index in [4.69, 9.17) is 14.7 Å². The molecule has 1 saturated carbocycles. The zero-order valence-electron chi connectivity index (χ0n) is 15.7. The molecule has 2 aliphatic carbocycles. The van der Waals surface area contributed by atoms with E-state index in [-0.39, 0.29) is 16.8 Å². The molecule has 0 N–H and O–H groups in total. The Morgan fingerprint density at radius 1 is 0.963 bits per heavy atom. The molecular weight excluding hydrogens is 338 g/mol. The van der Waals surface area contributed by atoms with Crippen molar-refractivity contribution in [3.05, 3.63) is 60.2 Å². The first-order valence-corrected chi connectivity index (χ1v) is 9.30. The maximum atomic E-state index is 13.5. The fourth-order valence-corrected chi connectivity index (χ4v) is 5.10. The molecule has 0 spiro atoms. The Morgan fingerprint density at radius 3 is 2.33 bits per heavy atom. The molecule has 2 aromatic heterocycles. The van der Waals surface area contributed by atoms with Gasteiger partial charge in [0.2, 0.25) is 0 Å². The van der Waals surface area contributed by atoms with Crippen LogP contribution in [0.2, 0.25) is 0 Å². The van der Waals surface area contributed by atoms with Gasteiger partial charge in [-0.25, -0.2) is 9.97 Å². The molecule has 0 aliphatic heterocycles. The molecule has 5 heteroatoms. The topological polar surface area (TPSA) is 65.0 Å². The number of benzene rings is 1. The van der Waals surface area contributed by atoms with E-state index in [1.54, 1.807) is 24.5 Å². The SMILES string of the molecule is CC12CCC(C(=O)Oc3cccnc3)(c3nc4ccccc4nc31)C2(C)C.